The van der Waals surface area contributed by atoms with E-state index in [9.17, 15) is 4.79 Å². The zero-order valence-corrected chi connectivity index (χ0v) is 8.28. The molecule has 0 saturated heterocycles. The highest BCUT2D eigenvalue weighted by molar-refractivity contribution is 5.79. The van der Waals surface area contributed by atoms with E-state index in [0.29, 0.717) is 5.92 Å². The molecule has 0 unspecified atom stereocenters. The molecule has 1 heterocycles. The highest BCUT2D eigenvalue weighted by Crippen LogP contribution is 2.23. The van der Waals surface area contributed by atoms with E-state index >= 15 is 0 Å². The van der Waals surface area contributed by atoms with Gasteiger partial charge in [0.15, 0.2) is 0 Å². The summed E-state index contributed by atoms with van der Waals surface area (Å²) in [5.41, 5.74) is 1.51. The number of rotatable bonds is 1. The fourth-order valence-electron chi connectivity index (χ4n) is 1.57. The van der Waals surface area contributed by atoms with Crippen LogP contribution in [0.2, 0.25) is 0 Å². The second kappa shape index (κ2) is 3.29. The number of para-hydroxylation sites is 1. The molecule has 1 aromatic heterocycles. The number of hydrogen-bond donors (Lipinski definition) is 0. The first kappa shape index (κ1) is 9.00. The summed E-state index contributed by atoms with van der Waals surface area (Å²) in [5.74, 6) is 0.365. The third-order valence-electron chi connectivity index (χ3n) is 2.30. The highest BCUT2D eigenvalue weighted by atomic mass is 16.4. The van der Waals surface area contributed by atoms with Crippen molar-refractivity contribution in [2.75, 3.05) is 0 Å². The van der Waals surface area contributed by atoms with Crippen molar-refractivity contribution in [3.63, 3.8) is 0 Å². The van der Waals surface area contributed by atoms with E-state index in [1.165, 1.54) is 6.07 Å². The van der Waals surface area contributed by atoms with E-state index < -0.39 is 0 Å². The molecule has 0 aliphatic carbocycles. The Morgan fingerprint density at radius 2 is 1.93 bits per heavy atom. The normalized spacial score (nSPS) is 11.1. The molecule has 0 aliphatic heterocycles. The lowest BCUT2D eigenvalue weighted by molar-refractivity contribution is 0.554. The summed E-state index contributed by atoms with van der Waals surface area (Å²) < 4.78 is 5.20. The minimum atomic E-state index is -0.286. The molecule has 0 aliphatic rings. The first-order valence-electron chi connectivity index (χ1n) is 4.71. The van der Waals surface area contributed by atoms with Gasteiger partial charge in [0.1, 0.15) is 5.58 Å². The molecule has 0 saturated carbocycles. The SMILES string of the molecule is CC(C)c1cccc2ccc(=O)oc12. The van der Waals surface area contributed by atoms with Crippen LogP contribution < -0.4 is 5.63 Å². The maximum Gasteiger partial charge on any atom is 0.336 e. The summed E-state index contributed by atoms with van der Waals surface area (Å²) in [5, 5.41) is 0.982. The van der Waals surface area contributed by atoms with Gasteiger partial charge in [-0.05, 0) is 17.5 Å². The summed E-state index contributed by atoms with van der Waals surface area (Å²) in [6, 6.07) is 9.18. The fraction of sp³-hybridized carbons (Fsp3) is 0.250. The van der Waals surface area contributed by atoms with Crippen LogP contribution in [-0.2, 0) is 0 Å². The Kier molecular flexibility index (Phi) is 2.12. The second-order valence-corrected chi connectivity index (χ2v) is 3.67. The lowest BCUT2D eigenvalue weighted by Crippen LogP contribution is -1.97. The summed E-state index contributed by atoms with van der Waals surface area (Å²) in [4.78, 5) is 11.1. The van der Waals surface area contributed by atoms with Gasteiger partial charge in [0.05, 0.1) is 0 Å². The van der Waals surface area contributed by atoms with Crippen LogP contribution in [0.4, 0.5) is 0 Å². The average Bonchev–Trinajstić information content (AvgIpc) is 2.16. The molecule has 2 heteroatoms. The van der Waals surface area contributed by atoms with Gasteiger partial charge in [-0.3, -0.25) is 0 Å². The molecular weight excluding hydrogens is 176 g/mol. The average molecular weight is 188 g/mol. The zero-order chi connectivity index (χ0) is 10.1. The quantitative estimate of drug-likeness (QED) is 0.644. The Hall–Kier alpha value is -1.57. The smallest absolute Gasteiger partial charge is 0.336 e. The second-order valence-electron chi connectivity index (χ2n) is 3.67. The molecule has 0 fully saturated rings. The van der Waals surface area contributed by atoms with Crippen LogP contribution in [0.1, 0.15) is 25.3 Å². The van der Waals surface area contributed by atoms with Crippen LogP contribution >= 0.6 is 0 Å². The molecule has 0 radical (unpaired) electrons. The van der Waals surface area contributed by atoms with E-state index in [1.54, 1.807) is 6.07 Å². The highest BCUT2D eigenvalue weighted by Gasteiger charge is 2.06. The fourth-order valence-corrected chi connectivity index (χ4v) is 1.57. The van der Waals surface area contributed by atoms with Crippen LogP contribution in [0, 0.1) is 0 Å². The molecule has 0 atom stereocenters. The standard InChI is InChI=1S/C12H12O2/c1-8(2)10-5-3-4-9-6-7-11(13)14-12(9)10/h3-8H,1-2H3. The van der Waals surface area contributed by atoms with Crippen molar-refractivity contribution >= 4 is 11.0 Å². The molecule has 2 aromatic rings. The Balaban J connectivity index is 2.84. The Morgan fingerprint density at radius 3 is 2.64 bits per heavy atom. The minimum Gasteiger partial charge on any atom is -0.422 e. The van der Waals surface area contributed by atoms with Gasteiger partial charge in [0.2, 0.25) is 0 Å². The van der Waals surface area contributed by atoms with Crippen molar-refractivity contribution in [2.24, 2.45) is 0 Å². The minimum absolute atomic E-state index is 0.286. The maximum atomic E-state index is 11.1. The van der Waals surface area contributed by atoms with Crippen LogP contribution in [0.3, 0.4) is 0 Å². The van der Waals surface area contributed by atoms with E-state index in [4.69, 9.17) is 4.42 Å². The molecule has 2 rings (SSSR count). The topological polar surface area (TPSA) is 30.2 Å². The monoisotopic (exact) mass is 188 g/mol. The van der Waals surface area contributed by atoms with Gasteiger partial charge in [0.25, 0.3) is 0 Å². The summed E-state index contributed by atoms with van der Waals surface area (Å²) in [7, 11) is 0. The maximum absolute atomic E-state index is 11.1. The number of benzene rings is 1. The zero-order valence-electron chi connectivity index (χ0n) is 8.28. The van der Waals surface area contributed by atoms with Gasteiger partial charge < -0.3 is 4.42 Å². The predicted molar refractivity (Wildman–Crippen MR) is 56.6 cm³/mol. The van der Waals surface area contributed by atoms with Crippen LogP contribution in [0.15, 0.2) is 39.5 Å². The molecular formula is C12H12O2. The van der Waals surface area contributed by atoms with Gasteiger partial charge in [-0.2, -0.15) is 0 Å². The number of fused-ring (bicyclic) bond motifs is 1. The van der Waals surface area contributed by atoms with Crippen molar-refractivity contribution < 1.29 is 4.42 Å². The van der Waals surface area contributed by atoms with E-state index in [1.807, 2.05) is 18.2 Å². The van der Waals surface area contributed by atoms with Gasteiger partial charge in [-0.1, -0.05) is 32.0 Å². The molecule has 1 aromatic carbocycles. The van der Waals surface area contributed by atoms with Crippen molar-refractivity contribution in [2.45, 2.75) is 19.8 Å². The lowest BCUT2D eigenvalue weighted by Gasteiger charge is -2.07. The Labute approximate surface area is 82.2 Å². The predicted octanol–water partition coefficient (Wildman–Crippen LogP) is 2.92. The third kappa shape index (κ3) is 1.43. The molecule has 72 valence electrons. The van der Waals surface area contributed by atoms with E-state index in [-0.39, 0.29) is 5.63 Å². The van der Waals surface area contributed by atoms with E-state index in [2.05, 4.69) is 13.8 Å². The summed E-state index contributed by atoms with van der Waals surface area (Å²) in [6.07, 6.45) is 0. The van der Waals surface area contributed by atoms with E-state index in [0.717, 1.165) is 16.5 Å². The van der Waals surface area contributed by atoms with Gasteiger partial charge in [0, 0.05) is 11.5 Å². The molecule has 0 bridgehead atoms. The van der Waals surface area contributed by atoms with Crippen molar-refractivity contribution in [3.8, 4) is 0 Å². The molecule has 14 heavy (non-hydrogen) atoms. The third-order valence-corrected chi connectivity index (χ3v) is 2.30. The first-order chi connectivity index (χ1) is 6.68. The molecule has 2 nitrogen and oxygen atoms in total. The van der Waals surface area contributed by atoms with Crippen molar-refractivity contribution in [3.05, 3.63) is 46.3 Å². The van der Waals surface area contributed by atoms with Gasteiger partial charge >= 0.3 is 5.63 Å². The number of hydrogen-bond acceptors (Lipinski definition) is 2. The lowest BCUT2D eigenvalue weighted by atomic mass is 10.0. The Morgan fingerprint density at radius 1 is 1.14 bits per heavy atom. The van der Waals surface area contributed by atoms with Crippen molar-refractivity contribution in [1.29, 1.82) is 0 Å². The van der Waals surface area contributed by atoms with Crippen molar-refractivity contribution in [1.82, 2.24) is 0 Å². The Bertz CT molecular complexity index is 509. The molecule has 0 spiro atoms. The molecule has 0 N–H and O–H groups in total. The van der Waals surface area contributed by atoms with Crippen LogP contribution in [0.25, 0.3) is 11.0 Å². The first-order valence-corrected chi connectivity index (χ1v) is 4.71. The summed E-state index contributed by atoms with van der Waals surface area (Å²) in [6.45, 7) is 4.17. The van der Waals surface area contributed by atoms with Gasteiger partial charge in [-0.15, -0.1) is 0 Å². The largest absolute Gasteiger partial charge is 0.422 e. The van der Waals surface area contributed by atoms with Crippen LogP contribution in [-0.4, -0.2) is 0 Å². The molecule has 0 amide bonds. The van der Waals surface area contributed by atoms with Gasteiger partial charge in [-0.25, -0.2) is 4.79 Å². The van der Waals surface area contributed by atoms with Crippen LogP contribution in [0.5, 0.6) is 0 Å². The summed E-state index contributed by atoms with van der Waals surface area (Å²) >= 11 is 0.